The van der Waals surface area contributed by atoms with E-state index in [1.54, 1.807) is 13.2 Å². The van der Waals surface area contributed by atoms with Crippen LogP contribution in [-0.2, 0) is 4.74 Å². The van der Waals surface area contributed by atoms with E-state index in [4.69, 9.17) is 23.9 Å². The third-order valence-electron chi connectivity index (χ3n) is 5.43. The van der Waals surface area contributed by atoms with Gasteiger partial charge in [0.2, 0.25) is 0 Å². The number of esters is 1. The second-order valence-corrected chi connectivity index (χ2v) is 7.34. The molecule has 5 rings (SSSR count). The molecule has 0 aliphatic carbocycles. The van der Waals surface area contributed by atoms with E-state index in [0.29, 0.717) is 47.4 Å². The van der Waals surface area contributed by atoms with Crippen molar-refractivity contribution < 1.29 is 23.7 Å². The molecular weight excluding hydrogens is 398 g/mol. The van der Waals surface area contributed by atoms with Crippen molar-refractivity contribution in [3.8, 4) is 28.5 Å². The van der Waals surface area contributed by atoms with Crippen LogP contribution in [0.2, 0.25) is 0 Å². The highest BCUT2D eigenvalue weighted by Gasteiger charge is 2.27. The van der Waals surface area contributed by atoms with Crippen molar-refractivity contribution in [3.05, 3.63) is 41.2 Å². The molecule has 0 saturated heterocycles. The number of H-pyrrole nitrogens is 1. The fraction of sp³-hybridized carbons (Fsp3) is 0.261. The molecule has 0 unspecified atom stereocenters. The number of aromatic nitrogens is 3. The van der Waals surface area contributed by atoms with Crippen molar-refractivity contribution in [2.45, 2.75) is 13.8 Å². The molecule has 0 atom stereocenters. The lowest BCUT2D eigenvalue weighted by Gasteiger charge is -2.23. The second-order valence-electron chi connectivity index (χ2n) is 7.34. The molecule has 1 aliphatic rings. The molecular formula is C23H21N3O5. The van der Waals surface area contributed by atoms with E-state index in [1.165, 1.54) is 7.11 Å². The maximum atomic E-state index is 12.2. The Morgan fingerprint density at radius 1 is 1.06 bits per heavy atom. The number of carbonyl (C=O) groups excluding carboxylic acids is 1. The Bertz CT molecular complexity index is 1360. The zero-order valence-corrected chi connectivity index (χ0v) is 17.7. The molecule has 8 nitrogen and oxygen atoms in total. The van der Waals surface area contributed by atoms with Crippen LogP contribution in [0.25, 0.3) is 33.2 Å². The van der Waals surface area contributed by atoms with Gasteiger partial charge in [0.05, 0.1) is 25.3 Å². The van der Waals surface area contributed by atoms with Crippen molar-refractivity contribution in [2.24, 2.45) is 0 Å². The lowest BCUT2D eigenvalue weighted by Crippen LogP contribution is -2.19. The summed E-state index contributed by atoms with van der Waals surface area (Å²) in [6, 6.07) is 7.51. The SMILES string of the molecule is COC(=O)c1ccc(-c2nc(C)nc3[nH]c4cc(C)c(OC)cc4c23)c2c1OCCO2. The van der Waals surface area contributed by atoms with Gasteiger partial charge in [0, 0.05) is 16.5 Å². The molecule has 0 amide bonds. The van der Waals surface area contributed by atoms with Gasteiger partial charge in [-0.05, 0) is 43.7 Å². The molecule has 1 aliphatic heterocycles. The van der Waals surface area contributed by atoms with Gasteiger partial charge >= 0.3 is 5.97 Å². The molecule has 158 valence electrons. The largest absolute Gasteiger partial charge is 0.496 e. The van der Waals surface area contributed by atoms with Gasteiger partial charge < -0.3 is 23.9 Å². The Labute approximate surface area is 178 Å². The molecule has 4 aromatic rings. The number of ether oxygens (including phenoxy) is 4. The number of carbonyl (C=O) groups is 1. The summed E-state index contributed by atoms with van der Waals surface area (Å²) in [7, 11) is 2.99. The first-order valence-corrected chi connectivity index (χ1v) is 9.87. The van der Waals surface area contributed by atoms with Gasteiger partial charge in [-0.3, -0.25) is 0 Å². The minimum Gasteiger partial charge on any atom is -0.496 e. The molecule has 0 saturated carbocycles. The normalized spacial score (nSPS) is 12.9. The Morgan fingerprint density at radius 3 is 2.58 bits per heavy atom. The highest BCUT2D eigenvalue weighted by atomic mass is 16.6. The standard InChI is InChI=1S/C23H21N3O5/c1-11-9-16-15(10-17(11)28-3)18-19(24-12(2)25-22(18)26-16)13-5-6-14(23(27)29-4)21-20(13)30-7-8-31-21/h5-6,9-10H,7-8H2,1-4H3,(H,24,25,26). The van der Waals surface area contributed by atoms with Gasteiger partial charge in [0.15, 0.2) is 11.5 Å². The molecule has 0 spiro atoms. The summed E-state index contributed by atoms with van der Waals surface area (Å²) >= 11 is 0. The molecule has 31 heavy (non-hydrogen) atoms. The van der Waals surface area contributed by atoms with Crippen LogP contribution >= 0.6 is 0 Å². The Kier molecular flexibility index (Phi) is 4.43. The lowest BCUT2D eigenvalue weighted by atomic mass is 10.0. The summed E-state index contributed by atoms with van der Waals surface area (Å²) in [5.74, 6) is 1.75. The first-order valence-electron chi connectivity index (χ1n) is 9.87. The third kappa shape index (κ3) is 2.94. The summed E-state index contributed by atoms with van der Waals surface area (Å²) in [5, 5.41) is 1.79. The van der Waals surface area contributed by atoms with E-state index in [2.05, 4.69) is 9.97 Å². The monoisotopic (exact) mass is 419 g/mol. The summed E-state index contributed by atoms with van der Waals surface area (Å²) in [6.45, 7) is 4.56. The van der Waals surface area contributed by atoms with Crippen molar-refractivity contribution in [1.82, 2.24) is 15.0 Å². The average Bonchev–Trinajstić information content (AvgIpc) is 3.13. The van der Waals surface area contributed by atoms with E-state index in [0.717, 1.165) is 33.2 Å². The summed E-state index contributed by atoms with van der Waals surface area (Å²) in [4.78, 5) is 25.0. The molecule has 0 bridgehead atoms. The second kappa shape index (κ2) is 7.16. The van der Waals surface area contributed by atoms with Crippen LogP contribution in [0, 0.1) is 13.8 Å². The van der Waals surface area contributed by atoms with Crippen molar-refractivity contribution in [1.29, 1.82) is 0 Å². The topological polar surface area (TPSA) is 95.6 Å². The summed E-state index contributed by atoms with van der Waals surface area (Å²) < 4.78 is 22.2. The quantitative estimate of drug-likeness (QED) is 0.502. The van der Waals surface area contributed by atoms with Crippen LogP contribution in [0.15, 0.2) is 24.3 Å². The van der Waals surface area contributed by atoms with Crippen LogP contribution in [0.5, 0.6) is 17.2 Å². The third-order valence-corrected chi connectivity index (χ3v) is 5.43. The minimum absolute atomic E-state index is 0.319. The smallest absolute Gasteiger partial charge is 0.341 e. The molecule has 1 N–H and O–H groups in total. The van der Waals surface area contributed by atoms with Crippen LogP contribution in [0.4, 0.5) is 0 Å². The minimum atomic E-state index is -0.482. The molecule has 0 radical (unpaired) electrons. The van der Waals surface area contributed by atoms with Crippen LogP contribution in [0.1, 0.15) is 21.7 Å². The van der Waals surface area contributed by atoms with E-state index in [1.807, 2.05) is 32.0 Å². The lowest BCUT2D eigenvalue weighted by molar-refractivity contribution is 0.0590. The average molecular weight is 419 g/mol. The van der Waals surface area contributed by atoms with Gasteiger partial charge in [-0.1, -0.05) is 0 Å². The van der Waals surface area contributed by atoms with Crippen LogP contribution < -0.4 is 14.2 Å². The Morgan fingerprint density at radius 2 is 1.84 bits per heavy atom. The molecule has 3 heterocycles. The van der Waals surface area contributed by atoms with Crippen molar-refractivity contribution in [2.75, 3.05) is 27.4 Å². The van der Waals surface area contributed by atoms with Crippen molar-refractivity contribution >= 4 is 27.9 Å². The van der Waals surface area contributed by atoms with Crippen molar-refractivity contribution in [3.63, 3.8) is 0 Å². The fourth-order valence-corrected chi connectivity index (χ4v) is 4.05. The number of nitrogens with zero attached hydrogens (tertiary/aromatic N) is 2. The number of aromatic amines is 1. The highest BCUT2D eigenvalue weighted by molar-refractivity contribution is 6.13. The van der Waals surface area contributed by atoms with Gasteiger partial charge in [-0.15, -0.1) is 0 Å². The Hall–Kier alpha value is -3.81. The zero-order chi connectivity index (χ0) is 21.7. The highest BCUT2D eigenvalue weighted by Crippen LogP contribution is 2.45. The number of benzene rings is 2. The van der Waals surface area contributed by atoms with Gasteiger partial charge in [-0.2, -0.15) is 0 Å². The maximum absolute atomic E-state index is 12.2. The van der Waals surface area contributed by atoms with Crippen LogP contribution in [0.3, 0.4) is 0 Å². The molecule has 0 fully saturated rings. The maximum Gasteiger partial charge on any atom is 0.341 e. The number of hydrogen-bond acceptors (Lipinski definition) is 7. The van der Waals surface area contributed by atoms with E-state index in [-0.39, 0.29) is 0 Å². The number of rotatable bonds is 3. The summed E-state index contributed by atoms with van der Waals surface area (Å²) in [5.41, 5.74) is 4.40. The van der Waals surface area contributed by atoms with Gasteiger partial charge in [-0.25, -0.2) is 14.8 Å². The number of hydrogen-bond donors (Lipinski definition) is 1. The molecule has 2 aromatic heterocycles. The van der Waals surface area contributed by atoms with E-state index in [9.17, 15) is 4.79 Å². The number of nitrogens with one attached hydrogen (secondary N) is 1. The van der Waals surface area contributed by atoms with Gasteiger partial charge in [0.1, 0.15) is 36.0 Å². The predicted octanol–water partition coefficient (Wildman–Crippen LogP) is 3.96. The summed E-state index contributed by atoms with van der Waals surface area (Å²) in [6.07, 6.45) is 0. The van der Waals surface area contributed by atoms with E-state index < -0.39 is 5.97 Å². The predicted molar refractivity (Wildman–Crippen MR) is 115 cm³/mol. The fourth-order valence-electron chi connectivity index (χ4n) is 4.05. The first-order chi connectivity index (χ1) is 15.0. The van der Waals surface area contributed by atoms with Gasteiger partial charge in [0.25, 0.3) is 0 Å². The number of methoxy groups -OCH3 is 2. The molecule has 8 heteroatoms. The zero-order valence-electron chi connectivity index (χ0n) is 17.7. The molecule has 2 aromatic carbocycles. The number of fused-ring (bicyclic) bond motifs is 4. The Balaban J connectivity index is 1.85. The number of aryl methyl sites for hydroxylation is 2. The van der Waals surface area contributed by atoms with E-state index >= 15 is 0 Å². The van der Waals surface area contributed by atoms with Crippen LogP contribution in [-0.4, -0.2) is 48.4 Å². The first kappa shape index (κ1) is 19.2.